The molecule has 0 aromatic heterocycles. The minimum Gasteiger partial charge on any atom is -0.481 e. The Morgan fingerprint density at radius 2 is 1.96 bits per heavy atom. The smallest absolute Gasteiger partial charge is 0.261 e. The van der Waals surface area contributed by atoms with Crippen LogP contribution in [0.5, 0.6) is 5.75 Å². The number of carbonyl (C=O) groups is 1. The molecule has 0 spiro atoms. The number of ether oxygens (including phenoxy) is 1. The van der Waals surface area contributed by atoms with Crippen LogP contribution in [0.1, 0.15) is 18.9 Å². The maximum absolute atomic E-state index is 12.2. The van der Waals surface area contributed by atoms with Gasteiger partial charge in [-0.25, -0.2) is 0 Å². The molecule has 0 heterocycles. The summed E-state index contributed by atoms with van der Waals surface area (Å²) in [6.07, 6.45) is 0.199. The molecule has 0 aliphatic carbocycles. The zero-order valence-corrected chi connectivity index (χ0v) is 14.4. The van der Waals surface area contributed by atoms with Crippen molar-refractivity contribution in [2.45, 2.75) is 31.3 Å². The Kier molecular flexibility index (Phi) is 7.01. The van der Waals surface area contributed by atoms with E-state index in [9.17, 15) is 4.79 Å². The van der Waals surface area contributed by atoms with Crippen molar-refractivity contribution in [3.63, 3.8) is 0 Å². The number of hydrogen-bond donors (Lipinski definition) is 1. The van der Waals surface area contributed by atoms with Crippen molar-refractivity contribution in [3.8, 4) is 5.75 Å². The van der Waals surface area contributed by atoms with Crippen molar-refractivity contribution in [2.24, 2.45) is 0 Å². The molecular weight excluding hydrogens is 306 g/mol. The lowest BCUT2D eigenvalue weighted by Crippen LogP contribution is -2.39. The molecule has 0 fully saturated rings. The fourth-order valence-corrected chi connectivity index (χ4v) is 2.94. The zero-order valence-electron chi connectivity index (χ0n) is 13.6. The first-order valence-corrected chi connectivity index (χ1v) is 8.86. The number of carbonyl (C=O) groups excluding carboxylic acids is 1. The van der Waals surface area contributed by atoms with Crippen LogP contribution in [0, 0.1) is 6.92 Å². The average molecular weight is 329 g/mol. The molecule has 2 aromatic rings. The summed E-state index contributed by atoms with van der Waals surface area (Å²) >= 11 is 1.73. The molecule has 23 heavy (non-hydrogen) atoms. The summed E-state index contributed by atoms with van der Waals surface area (Å²) in [5.41, 5.74) is 1.12. The third kappa shape index (κ3) is 5.99. The topological polar surface area (TPSA) is 38.3 Å². The Bertz CT molecular complexity index is 616. The fourth-order valence-electron chi connectivity index (χ4n) is 2.15. The zero-order chi connectivity index (χ0) is 16.5. The average Bonchev–Trinajstić information content (AvgIpc) is 2.57. The lowest BCUT2D eigenvalue weighted by atomic mass is 10.2. The summed E-state index contributed by atoms with van der Waals surface area (Å²) in [4.78, 5) is 13.4. The Morgan fingerprint density at radius 3 is 2.65 bits per heavy atom. The third-order valence-electron chi connectivity index (χ3n) is 3.34. The molecule has 0 bridgehead atoms. The standard InChI is InChI=1S/C19H23NO2S/c1-3-18(22-16-9-7-8-15(2)14-16)19(21)20-12-13-23-17-10-5-4-6-11-17/h4-11,14,18H,3,12-13H2,1-2H3,(H,20,21). The lowest BCUT2D eigenvalue weighted by molar-refractivity contribution is -0.127. The van der Waals surface area contributed by atoms with Gasteiger partial charge in [-0.2, -0.15) is 0 Å². The minimum absolute atomic E-state index is 0.0531. The second-order valence-electron chi connectivity index (χ2n) is 5.28. The highest BCUT2D eigenvalue weighted by Crippen LogP contribution is 2.17. The van der Waals surface area contributed by atoms with Gasteiger partial charge >= 0.3 is 0 Å². The van der Waals surface area contributed by atoms with E-state index in [1.807, 2.05) is 56.3 Å². The Hall–Kier alpha value is -1.94. The molecule has 2 aromatic carbocycles. The maximum atomic E-state index is 12.2. The molecule has 2 rings (SSSR count). The van der Waals surface area contributed by atoms with Crippen molar-refractivity contribution in [3.05, 3.63) is 60.2 Å². The van der Waals surface area contributed by atoms with E-state index < -0.39 is 6.10 Å². The molecule has 122 valence electrons. The van der Waals surface area contributed by atoms with Crippen molar-refractivity contribution in [1.82, 2.24) is 5.32 Å². The van der Waals surface area contributed by atoms with Gasteiger partial charge < -0.3 is 10.1 Å². The van der Waals surface area contributed by atoms with Gasteiger partial charge in [0.1, 0.15) is 5.75 Å². The van der Waals surface area contributed by atoms with Gasteiger partial charge in [-0.3, -0.25) is 4.79 Å². The number of benzene rings is 2. The highest BCUT2D eigenvalue weighted by Gasteiger charge is 2.17. The van der Waals surface area contributed by atoms with Crippen LogP contribution >= 0.6 is 11.8 Å². The third-order valence-corrected chi connectivity index (χ3v) is 4.36. The Labute approximate surface area is 142 Å². The second-order valence-corrected chi connectivity index (χ2v) is 6.45. The summed E-state index contributed by atoms with van der Waals surface area (Å²) in [6, 6.07) is 18.0. The summed E-state index contributed by atoms with van der Waals surface area (Å²) in [6.45, 7) is 4.60. The first kappa shape index (κ1) is 17.4. The van der Waals surface area contributed by atoms with Gasteiger partial charge in [0, 0.05) is 17.2 Å². The fraction of sp³-hybridized carbons (Fsp3) is 0.316. The van der Waals surface area contributed by atoms with Gasteiger partial charge in [0.2, 0.25) is 0 Å². The van der Waals surface area contributed by atoms with E-state index in [-0.39, 0.29) is 5.91 Å². The van der Waals surface area contributed by atoms with E-state index in [1.54, 1.807) is 11.8 Å². The molecule has 0 aliphatic heterocycles. The molecule has 0 saturated heterocycles. The van der Waals surface area contributed by atoms with Crippen LogP contribution in [-0.2, 0) is 4.79 Å². The Morgan fingerprint density at radius 1 is 1.17 bits per heavy atom. The van der Waals surface area contributed by atoms with Gasteiger partial charge in [-0.15, -0.1) is 11.8 Å². The van der Waals surface area contributed by atoms with E-state index in [2.05, 4.69) is 17.4 Å². The first-order valence-electron chi connectivity index (χ1n) is 7.88. The van der Waals surface area contributed by atoms with Crippen LogP contribution in [0.2, 0.25) is 0 Å². The molecule has 0 radical (unpaired) electrons. The predicted octanol–water partition coefficient (Wildman–Crippen LogP) is 4.06. The number of rotatable bonds is 8. The number of aryl methyl sites for hydroxylation is 1. The lowest BCUT2D eigenvalue weighted by Gasteiger charge is -2.17. The van der Waals surface area contributed by atoms with E-state index >= 15 is 0 Å². The normalized spacial score (nSPS) is 11.7. The van der Waals surface area contributed by atoms with E-state index in [0.717, 1.165) is 17.1 Å². The number of hydrogen-bond acceptors (Lipinski definition) is 3. The molecule has 3 nitrogen and oxygen atoms in total. The van der Waals surface area contributed by atoms with Crippen LogP contribution in [0.3, 0.4) is 0 Å². The van der Waals surface area contributed by atoms with Crippen LogP contribution in [-0.4, -0.2) is 24.3 Å². The van der Waals surface area contributed by atoms with Gasteiger partial charge in [0.05, 0.1) is 0 Å². The van der Waals surface area contributed by atoms with Crippen LogP contribution in [0.15, 0.2) is 59.5 Å². The van der Waals surface area contributed by atoms with Crippen LogP contribution in [0.4, 0.5) is 0 Å². The maximum Gasteiger partial charge on any atom is 0.261 e. The quantitative estimate of drug-likeness (QED) is 0.586. The second kappa shape index (κ2) is 9.26. The Balaban J connectivity index is 1.76. The minimum atomic E-state index is -0.446. The summed E-state index contributed by atoms with van der Waals surface area (Å²) in [5, 5.41) is 2.95. The predicted molar refractivity (Wildman–Crippen MR) is 96.1 cm³/mol. The molecule has 1 N–H and O–H groups in total. The van der Waals surface area contributed by atoms with E-state index in [4.69, 9.17) is 4.74 Å². The highest BCUT2D eigenvalue weighted by atomic mass is 32.2. The van der Waals surface area contributed by atoms with Crippen molar-refractivity contribution < 1.29 is 9.53 Å². The van der Waals surface area contributed by atoms with Gasteiger partial charge in [0.25, 0.3) is 5.91 Å². The molecule has 1 unspecified atom stereocenters. The van der Waals surface area contributed by atoms with Gasteiger partial charge in [-0.05, 0) is 43.2 Å². The largest absolute Gasteiger partial charge is 0.481 e. The summed E-state index contributed by atoms with van der Waals surface area (Å²) in [5.74, 6) is 1.53. The van der Waals surface area contributed by atoms with Crippen LogP contribution in [0.25, 0.3) is 0 Å². The molecule has 1 amide bonds. The molecule has 1 atom stereocenters. The molecular formula is C19H23NO2S. The van der Waals surface area contributed by atoms with Gasteiger partial charge in [0.15, 0.2) is 6.10 Å². The summed E-state index contributed by atoms with van der Waals surface area (Å²) < 4.78 is 5.80. The van der Waals surface area contributed by atoms with Crippen molar-refractivity contribution in [2.75, 3.05) is 12.3 Å². The first-order chi connectivity index (χ1) is 11.2. The van der Waals surface area contributed by atoms with E-state index in [1.165, 1.54) is 4.90 Å². The molecule has 0 aliphatic rings. The number of nitrogens with one attached hydrogen (secondary N) is 1. The highest BCUT2D eigenvalue weighted by molar-refractivity contribution is 7.99. The van der Waals surface area contributed by atoms with Gasteiger partial charge in [-0.1, -0.05) is 37.3 Å². The molecule has 4 heteroatoms. The summed E-state index contributed by atoms with van der Waals surface area (Å²) in [7, 11) is 0. The monoisotopic (exact) mass is 329 g/mol. The van der Waals surface area contributed by atoms with Crippen molar-refractivity contribution in [1.29, 1.82) is 0 Å². The number of thioether (sulfide) groups is 1. The van der Waals surface area contributed by atoms with Crippen LogP contribution < -0.4 is 10.1 Å². The number of amides is 1. The SMILES string of the molecule is CCC(Oc1cccc(C)c1)C(=O)NCCSc1ccccc1. The molecule has 0 saturated carbocycles. The van der Waals surface area contributed by atoms with Crippen molar-refractivity contribution >= 4 is 17.7 Å². The van der Waals surface area contributed by atoms with E-state index in [0.29, 0.717) is 13.0 Å².